The summed E-state index contributed by atoms with van der Waals surface area (Å²) in [6.07, 6.45) is 10.1. The molecule has 4 fully saturated rings. The second kappa shape index (κ2) is 5.32. The zero-order valence-corrected chi connectivity index (χ0v) is 14.6. The lowest BCUT2D eigenvalue weighted by atomic mass is 9.45. The molecule has 0 heterocycles. The van der Waals surface area contributed by atoms with Crippen LogP contribution < -0.4 is 0 Å². The third-order valence-corrected chi connectivity index (χ3v) is 8.61. The molecule has 0 aromatic rings. The minimum Gasteiger partial charge on any atom is -0.464 e. The van der Waals surface area contributed by atoms with Crippen molar-refractivity contribution in [3.63, 3.8) is 0 Å². The molecule has 4 aliphatic carbocycles. The van der Waals surface area contributed by atoms with Gasteiger partial charge >= 0.3 is 0 Å². The van der Waals surface area contributed by atoms with E-state index in [2.05, 4.69) is 13.8 Å². The van der Waals surface area contributed by atoms with Gasteiger partial charge in [-0.3, -0.25) is 9.59 Å². The monoisotopic (exact) mass is 318 g/mol. The van der Waals surface area contributed by atoms with E-state index in [1.165, 1.54) is 32.1 Å². The Hall–Kier alpha value is -0.860. The fraction of sp³-hybridized carbons (Fsp3) is 0.900. The molecule has 0 radical (unpaired) electrons. The van der Waals surface area contributed by atoms with Gasteiger partial charge in [0.2, 0.25) is 0 Å². The molecule has 0 saturated heterocycles. The maximum absolute atomic E-state index is 11.9. The topological polar surface area (TPSA) is 43.4 Å². The predicted molar refractivity (Wildman–Crippen MR) is 87.7 cm³/mol. The number of fused-ring (bicyclic) bond motifs is 5. The summed E-state index contributed by atoms with van der Waals surface area (Å²) in [5.41, 5.74) is 0.567. The summed E-state index contributed by atoms with van der Waals surface area (Å²) in [4.78, 5) is 22.8. The number of hydrogen-bond acceptors (Lipinski definition) is 3. The number of ketones is 1. The van der Waals surface area contributed by atoms with Crippen LogP contribution in [0.4, 0.5) is 0 Å². The molecule has 4 rings (SSSR count). The van der Waals surface area contributed by atoms with Crippen LogP contribution in [0.3, 0.4) is 0 Å². The lowest BCUT2D eigenvalue weighted by Gasteiger charge is -2.60. The van der Waals surface area contributed by atoms with Crippen LogP contribution in [0.25, 0.3) is 0 Å². The van der Waals surface area contributed by atoms with Crippen LogP contribution in [-0.2, 0) is 14.3 Å². The van der Waals surface area contributed by atoms with Gasteiger partial charge in [-0.05, 0) is 74.0 Å². The number of carbonyl (C=O) groups is 2. The molecular weight excluding hydrogens is 288 g/mol. The molecule has 7 atom stereocenters. The van der Waals surface area contributed by atoms with E-state index in [9.17, 15) is 9.59 Å². The average Bonchev–Trinajstić information content (AvgIpc) is 2.85. The molecule has 0 aromatic carbocycles. The standard InChI is InChI=1S/C20H30O3/c1-19-9-7-14(22)11-13(19)3-4-15-16-5-6-18(23-12-21)20(16,2)10-8-17(15)19/h12-13,15-18H,3-11H2,1-2H3/t13-,15?,16?,17?,18+,19-,20-/m0/s1. The second-order valence-electron chi connectivity index (χ2n) is 9.24. The van der Waals surface area contributed by atoms with Crippen molar-refractivity contribution in [1.82, 2.24) is 0 Å². The highest BCUT2D eigenvalue weighted by Gasteiger charge is 2.60. The molecule has 0 amide bonds. The molecule has 23 heavy (non-hydrogen) atoms. The quantitative estimate of drug-likeness (QED) is 0.719. The van der Waals surface area contributed by atoms with Gasteiger partial charge in [-0.1, -0.05) is 13.8 Å². The number of rotatable bonds is 2. The zero-order chi connectivity index (χ0) is 16.2. The molecule has 128 valence electrons. The van der Waals surface area contributed by atoms with Crippen molar-refractivity contribution < 1.29 is 14.3 Å². The van der Waals surface area contributed by atoms with Crippen molar-refractivity contribution in [3.8, 4) is 0 Å². The van der Waals surface area contributed by atoms with Crippen molar-refractivity contribution in [3.05, 3.63) is 0 Å². The van der Waals surface area contributed by atoms with Crippen LogP contribution in [0, 0.1) is 34.5 Å². The summed E-state index contributed by atoms with van der Waals surface area (Å²) in [6.45, 7) is 5.52. The summed E-state index contributed by atoms with van der Waals surface area (Å²) in [5.74, 6) is 3.39. The molecule has 3 heteroatoms. The fourth-order valence-corrected chi connectivity index (χ4v) is 7.29. The second-order valence-corrected chi connectivity index (χ2v) is 9.24. The zero-order valence-electron chi connectivity index (χ0n) is 14.6. The maximum atomic E-state index is 11.9. The van der Waals surface area contributed by atoms with Gasteiger partial charge in [-0.2, -0.15) is 0 Å². The first kappa shape index (κ1) is 15.7. The number of Topliss-reactive ketones (excluding diaryl/α,β-unsaturated/α-hetero) is 1. The maximum Gasteiger partial charge on any atom is 0.293 e. The smallest absolute Gasteiger partial charge is 0.293 e. The minimum atomic E-state index is 0.129. The highest BCUT2D eigenvalue weighted by atomic mass is 16.5. The van der Waals surface area contributed by atoms with Crippen LogP contribution in [0.5, 0.6) is 0 Å². The van der Waals surface area contributed by atoms with Crippen LogP contribution in [-0.4, -0.2) is 18.4 Å². The first-order chi connectivity index (χ1) is 11.0. The Morgan fingerprint density at radius 1 is 1.00 bits per heavy atom. The summed E-state index contributed by atoms with van der Waals surface area (Å²) in [7, 11) is 0. The van der Waals surface area contributed by atoms with Gasteiger partial charge in [-0.15, -0.1) is 0 Å². The van der Waals surface area contributed by atoms with E-state index in [1.807, 2.05) is 0 Å². The first-order valence-electron chi connectivity index (χ1n) is 9.60. The molecule has 0 N–H and O–H groups in total. The summed E-state index contributed by atoms with van der Waals surface area (Å²) in [6, 6.07) is 0. The van der Waals surface area contributed by atoms with E-state index in [4.69, 9.17) is 4.74 Å². The Labute approximate surface area is 139 Å². The number of hydrogen-bond donors (Lipinski definition) is 0. The molecule has 3 nitrogen and oxygen atoms in total. The number of ether oxygens (including phenoxy) is 1. The molecule has 0 aromatic heterocycles. The molecule has 3 unspecified atom stereocenters. The summed E-state index contributed by atoms with van der Waals surface area (Å²) >= 11 is 0. The lowest BCUT2D eigenvalue weighted by molar-refractivity contribution is -0.153. The SMILES string of the molecule is C[C@]12CCC3C(CC[C@H]4CC(=O)CC[C@]34C)C1CC[C@H]2OC=O. The van der Waals surface area contributed by atoms with Crippen molar-refractivity contribution in [2.75, 3.05) is 0 Å². The summed E-state index contributed by atoms with van der Waals surface area (Å²) < 4.78 is 5.48. The van der Waals surface area contributed by atoms with E-state index in [1.54, 1.807) is 0 Å². The molecule has 4 saturated carbocycles. The van der Waals surface area contributed by atoms with Crippen molar-refractivity contribution in [2.45, 2.75) is 77.7 Å². The van der Waals surface area contributed by atoms with Gasteiger partial charge in [0.25, 0.3) is 6.47 Å². The molecular formula is C20H30O3. The summed E-state index contributed by atoms with van der Waals surface area (Å²) in [5, 5.41) is 0. The molecule has 0 bridgehead atoms. The molecule has 4 aliphatic rings. The van der Waals surface area contributed by atoms with Gasteiger partial charge in [0, 0.05) is 18.3 Å². The molecule has 0 aliphatic heterocycles. The third kappa shape index (κ3) is 2.14. The Morgan fingerprint density at radius 3 is 2.57 bits per heavy atom. The predicted octanol–water partition coefficient (Wildman–Crippen LogP) is 4.14. The first-order valence-corrected chi connectivity index (χ1v) is 9.60. The highest BCUT2D eigenvalue weighted by Crippen LogP contribution is 2.66. The Balaban J connectivity index is 1.60. The van der Waals surface area contributed by atoms with Gasteiger partial charge in [-0.25, -0.2) is 0 Å². The van der Waals surface area contributed by atoms with Crippen molar-refractivity contribution >= 4 is 12.3 Å². The molecule has 0 spiro atoms. The number of carbonyl (C=O) groups excluding carboxylic acids is 2. The van der Waals surface area contributed by atoms with Gasteiger partial charge in [0.05, 0.1) is 0 Å². The van der Waals surface area contributed by atoms with Crippen molar-refractivity contribution in [2.24, 2.45) is 34.5 Å². The van der Waals surface area contributed by atoms with Crippen LogP contribution in [0.1, 0.15) is 71.6 Å². The van der Waals surface area contributed by atoms with E-state index in [-0.39, 0.29) is 11.5 Å². The van der Waals surface area contributed by atoms with Crippen molar-refractivity contribution in [1.29, 1.82) is 0 Å². The van der Waals surface area contributed by atoms with Gasteiger partial charge in [0.15, 0.2) is 0 Å². The Morgan fingerprint density at radius 2 is 1.78 bits per heavy atom. The van der Waals surface area contributed by atoms with E-state index < -0.39 is 0 Å². The van der Waals surface area contributed by atoms with Crippen LogP contribution in [0.2, 0.25) is 0 Å². The Bertz CT molecular complexity index is 515. The van der Waals surface area contributed by atoms with Crippen LogP contribution >= 0.6 is 0 Å². The van der Waals surface area contributed by atoms with Crippen LogP contribution in [0.15, 0.2) is 0 Å². The normalized spacial score (nSPS) is 52.3. The third-order valence-electron chi connectivity index (χ3n) is 8.61. The largest absolute Gasteiger partial charge is 0.464 e. The highest BCUT2D eigenvalue weighted by molar-refractivity contribution is 5.79. The van der Waals surface area contributed by atoms with Gasteiger partial charge < -0.3 is 4.74 Å². The van der Waals surface area contributed by atoms with E-state index in [0.717, 1.165) is 37.5 Å². The lowest BCUT2D eigenvalue weighted by Crippen LogP contribution is -2.54. The van der Waals surface area contributed by atoms with E-state index in [0.29, 0.717) is 29.5 Å². The fourth-order valence-electron chi connectivity index (χ4n) is 7.29. The average molecular weight is 318 g/mol. The van der Waals surface area contributed by atoms with Gasteiger partial charge in [0.1, 0.15) is 11.9 Å². The minimum absolute atomic E-state index is 0.129. The van der Waals surface area contributed by atoms with E-state index >= 15 is 0 Å². The Kier molecular flexibility index (Phi) is 3.62.